The van der Waals surface area contributed by atoms with E-state index in [4.69, 9.17) is 11.6 Å². The number of thioether (sulfide) groups is 1. The smallest absolute Gasteiger partial charge is 0.255 e. The molecular weight excluding hydrogens is 334 g/mol. The molecule has 1 aliphatic rings. The lowest BCUT2D eigenvalue weighted by molar-refractivity contribution is -0.124. The predicted molar refractivity (Wildman–Crippen MR) is 94.9 cm³/mol. The zero-order valence-corrected chi connectivity index (χ0v) is 14.9. The van der Waals surface area contributed by atoms with Crippen LogP contribution >= 0.6 is 23.4 Å². The molecule has 1 aromatic carbocycles. The Balaban J connectivity index is 1.97. The first kappa shape index (κ1) is 18.1. The summed E-state index contributed by atoms with van der Waals surface area (Å²) in [4.78, 5) is 26.6. The van der Waals surface area contributed by atoms with Gasteiger partial charge < -0.3 is 15.5 Å². The molecule has 126 valence electrons. The molecule has 0 aromatic heterocycles. The van der Waals surface area contributed by atoms with Gasteiger partial charge in [-0.3, -0.25) is 9.59 Å². The molecule has 1 heterocycles. The number of hydrogen-bond acceptors (Lipinski definition) is 4. The first-order valence-electron chi connectivity index (χ1n) is 7.68. The summed E-state index contributed by atoms with van der Waals surface area (Å²) in [5.41, 5.74) is 0.552. The topological polar surface area (TPSA) is 61.4 Å². The first-order chi connectivity index (χ1) is 11.0. The fourth-order valence-electron chi connectivity index (χ4n) is 2.41. The molecule has 2 atom stereocenters. The van der Waals surface area contributed by atoms with Crippen LogP contribution in [-0.2, 0) is 4.79 Å². The molecule has 0 spiro atoms. The minimum atomic E-state index is -0.419. The molecule has 2 N–H and O–H groups in total. The van der Waals surface area contributed by atoms with E-state index in [1.807, 2.05) is 13.8 Å². The summed E-state index contributed by atoms with van der Waals surface area (Å²) in [6.45, 7) is 5.45. The molecular formula is C16H22ClN3O2S. The van der Waals surface area contributed by atoms with Crippen molar-refractivity contribution >= 4 is 35.2 Å². The van der Waals surface area contributed by atoms with Crippen LogP contribution in [0.15, 0.2) is 24.3 Å². The van der Waals surface area contributed by atoms with Crippen molar-refractivity contribution in [2.24, 2.45) is 0 Å². The van der Waals surface area contributed by atoms with Crippen molar-refractivity contribution in [3.05, 3.63) is 34.9 Å². The summed E-state index contributed by atoms with van der Waals surface area (Å²) in [5.74, 6) is 0.928. The predicted octanol–water partition coefficient (Wildman–Crippen LogP) is 1.97. The van der Waals surface area contributed by atoms with Gasteiger partial charge in [0.15, 0.2) is 0 Å². The van der Waals surface area contributed by atoms with Gasteiger partial charge in [-0.25, -0.2) is 0 Å². The molecule has 23 heavy (non-hydrogen) atoms. The van der Waals surface area contributed by atoms with E-state index >= 15 is 0 Å². The summed E-state index contributed by atoms with van der Waals surface area (Å²) in [5, 5.41) is 6.76. The standard InChI is InChI=1S/C16H22ClN3O2S/c1-3-18-11(2)8-19-15(21)14-9-23-10-20(14)16(22)12-4-6-13(17)7-5-12/h4-7,11,14,18H,3,8-10H2,1-2H3,(H,19,21)/t11-,14?/m1/s1. The van der Waals surface area contributed by atoms with Gasteiger partial charge in [-0.15, -0.1) is 11.8 Å². The lowest BCUT2D eigenvalue weighted by atomic mass is 10.1. The van der Waals surface area contributed by atoms with Crippen molar-refractivity contribution in [1.29, 1.82) is 0 Å². The van der Waals surface area contributed by atoms with Gasteiger partial charge in [-0.2, -0.15) is 0 Å². The molecule has 2 rings (SSSR count). The van der Waals surface area contributed by atoms with Gasteiger partial charge in [0, 0.05) is 28.9 Å². The third kappa shape index (κ3) is 4.86. The fourth-order valence-corrected chi connectivity index (χ4v) is 3.69. The monoisotopic (exact) mass is 355 g/mol. The van der Waals surface area contributed by atoms with E-state index in [1.54, 1.807) is 40.9 Å². The molecule has 2 amide bonds. The Labute approximate surface area is 146 Å². The Hall–Kier alpha value is -1.24. The van der Waals surface area contributed by atoms with E-state index < -0.39 is 6.04 Å². The van der Waals surface area contributed by atoms with Gasteiger partial charge in [-0.05, 0) is 37.7 Å². The molecule has 1 aliphatic heterocycles. The van der Waals surface area contributed by atoms with Crippen LogP contribution in [-0.4, -0.2) is 53.5 Å². The average Bonchev–Trinajstić information content (AvgIpc) is 3.02. The molecule has 1 fully saturated rings. The highest BCUT2D eigenvalue weighted by molar-refractivity contribution is 7.99. The molecule has 0 saturated carbocycles. The maximum absolute atomic E-state index is 12.6. The lowest BCUT2D eigenvalue weighted by Gasteiger charge is -2.24. The van der Waals surface area contributed by atoms with Gasteiger partial charge in [0.1, 0.15) is 6.04 Å². The molecule has 5 nitrogen and oxygen atoms in total. The minimum Gasteiger partial charge on any atom is -0.353 e. The number of nitrogens with zero attached hydrogens (tertiary/aromatic N) is 1. The summed E-state index contributed by atoms with van der Waals surface area (Å²) in [6, 6.07) is 6.54. The van der Waals surface area contributed by atoms with Gasteiger partial charge in [0.05, 0.1) is 5.88 Å². The van der Waals surface area contributed by atoms with E-state index in [0.29, 0.717) is 28.8 Å². The lowest BCUT2D eigenvalue weighted by Crippen LogP contribution is -2.49. The van der Waals surface area contributed by atoms with Crippen molar-refractivity contribution in [3.63, 3.8) is 0 Å². The molecule has 0 radical (unpaired) electrons. The third-order valence-corrected chi connectivity index (χ3v) is 4.94. The normalized spacial score (nSPS) is 18.7. The second-order valence-corrected chi connectivity index (χ2v) is 6.94. The van der Waals surface area contributed by atoms with Crippen LogP contribution in [0.25, 0.3) is 0 Å². The quantitative estimate of drug-likeness (QED) is 0.819. The molecule has 7 heteroatoms. The van der Waals surface area contributed by atoms with Gasteiger partial charge in [0.2, 0.25) is 5.91 Å². The minimum absolute atomic E-state index is 0.0953. The number of halogens is 1. The van der Waals surface area contributed by atoms with Gasteiger partial charge in [-0.1, -0.05) is 18.5 Å². The fraction of sp³-hybridized carbons (Fsp3) is 0.500. The molecule has 1 unspecified atom stereocenters. The Morgan fingerprint density at radius 3 is 2.74 bits per heavy atom. The van der Waals surface area contributed by atoms with Crippen LogP contribution in [0.3, 0.4) is 0 Å². The summed E-state index contributed by atoms with van der Waals surface area (Å²) < 4.78 is 0. The number of amides is 2. The van der Waals surface area contributed by atoms with Crippen LogP contribution < -0.4 is 10.6 Å². The van der Waals surface area contributed by atoms with E-state index in [2.05, 4.69) is 10.6 Å². The highest BCUT2D eigenvalue weighted by Crippen LogP contribution is 2.23. The van der Waals surface area contributed by atoms with Crippen molar-refractivity contribution in [3.8, 4) is 0 Å². The van der Waals surface area contributed by atoms with Crippen LogP contribution in [0.5, 0.6) is 0 Å². The highest BCUT2D eigenvalue weighted by atomic mass is 35.5. The van der Waals surface area contributed by atoms with Crippen LogP contribution in [0.1, 0.15) is 24.2 Å². The first-order valence-corrected chi connectivity index (χ1v) is 9.21. The maximum atomic E-state index is 12.6. The Morgan fingerprint density at radius 2 is 2.09 bits per heavy atom. The average molecular weight is 356 g/mol. The van der Waals surface area contributed by atoms with Crippen LogP contribution in [0.4, 0.5) is 0 Å². The van der Waals surface area contributed by atoms with E-state index in [0.717, 1.165) is 6.54 Å². The van der Waals surface area contributed by atoms with Crippen molar-refractivity contribution in [2.75, 3.05) is 24.7 Å². The largest absolute Gasteiger partial charge is 0.353 e. The van der Waals surface area contributed by atoms with E-state index in [-0.39, 0.29) is 17.9 Å². The third-order valence-electron chi connectivity index (χ3n) is 3.67. The number of nitrogens with one attached hydrogen (secondary N) is 2. The molecule has 1 aromatic rings. The number of carbonyl (C=O) groups excluding carboxylic acids is 2. The summed E-state index contributed by atoms with van der Waals surface area (Å²) in [6.07, 6.45) is 0. The molecule has 0 aliphatic carbocycles. The van der Waals surface area contributed by atoms with Gasteiger partial charge >= 0.3 is 0 Å². The Kier molecular flexibility index (Phi) is 6.74. The SMILES string of the molecule is CCN[C@H](C)CNC(=O)C1CSCN1C(=O)c1ccc(Cl)cc1. The molecule has 0 bridgehead atoms. The Bertz CT molecular complexity index is 553. The Morgan fingerprint density at radius 1 is 1.39 bits per heavy atom. The number of hydrogen-bond donors (Lipinski definition) is 2. The molecule has 1 saturated heterocycles. The van der Waals surface area contributed by atoms with Crippen LogP contribution in [0.2, 0.25) is 5.02 Å². The van der Waals surface area contributed by atoms with E-state index in [9.17, 15) is 9.59 Å². The number of carbonyl (C=O) groups is 2. The van der Waals surface area contributed by atoms with Crippen molar-refractivity contribution in [2.45, 2.75) is 25.9 Å². The summed E-state index contributed by atoms with van der Waals surface area (Å²) in [7, 11) is 0. The number of benzene rings is 1. The van der Waals surface area contributed by atoms with Crippen LogP contribution in [0, 0.1) is 0 Å². The van der Waals surface area contributed by atoms with Crippen molar-refractivity contribution < 1.29 is 9.59 Å². The second-order valence-electron chi connectivity index (χ2n) is 5.50. The summed E-state index contributed by atoms with van der Waals surface area (Å²) >= 11 is 7.44. The number of likely N-dealkylation sites (N-methyl/N-ethyl adjacent to an activating group) is 1. The van der Waals surface area contributed by atoms with E-state index in [1.165, 1.54) is 0 Å². The second kappa shape index (κ2) is 8.57. The zero-order chi connectivity index (χ0) is 16.8. The maximum Gasteiger partial charge on any atom is 0.255 e. The zero-order valence-electron chi connectivity index (χ0n) is 13.3. The van der Waals surface area contributed by atoms with Crippen molar-refractivity contribution in [1.82, 2.24) is 15.5 Å². The number of rotatable bonds is 6. The van der Waals surface area contributed by atoms with Gasteiger partial charge in [0.25, 0.3) is 5.91 Å². The highest BCUT2D eigenvalue weighted by Gasteiger charge is 2.35.